The Balaban J connectivity index is 2.11. The lowest BCUT2D eigenvalue weighted by Gasteiger charge is -2.19. The van der Waals surface area contributed by atoms with Crippen molar-refractivity contribution in [2.75, 3.05) is 5.32 Å². The number of carboxylic acids is 1. The van der Waals surface area contributed by atoms with Crippen LogP contribution in [0.3, 0.4) is 0 Å². The number of amides is 1. The van der Waals surface area contributed by atoms with Gasteiger partial charge in [-0.05, 0) is 37.5 Å². The predicted octanol–water partition coefficient (Wildman–Crippen LogP) is 3.72. The molecule has 2 aromatic carbocycles. The fraction of sp³-hybridized carbons (Fsp3) is 0.263. The Morgan fingerprint density at radius 1 is 1.00 bits per heavy atom. The Kier molecular flexibility index (Phi) is 5.16. The molecule has 0 aliphatic rings. The first-order valence-corrected chi connectivity index (χ1v) is 7.53. The summed E-state index contributed by atoms with van der Waals surface area (Å²) in [4.78, 5) is 23.3. The quantitative estimate of drug-likeness (QED) is 0.854. The first kappa shape index (κ1) is 16.7. The summed E-state index contributed by atoms with van der Waals surface area (Å²) < 4.78 is 0. The molecule has 2 N–H and O–H groups in total. The molecule has 2 aromatic rings. The fourth-order valence-electron chi connectivity index (χ4n) is 2.28. The van der Waals surface area contributed by atoms with E-state index in [1.165, 1.54) is 0 Å². The Labute approximate surface area is 136 Å². The van der Waals surface area contributed by atoms with E-state index in [1.807, 2.05) is 54.6 Å². The smallest absolute Gasteiger partial charge is 0.309 e. The van der Waals surface area contributed by atoms with E-state index in [1.54, 1.807) is 13.8 Å². The second-order valence-corrected chi connectivity index (χ2v) is 6.23. The number of carbonyl (C=O) groups is 2. The van der Waals surface area contributed by atoms with Crippen molar-refractivity contribution in [3.05, 3.63) is 65.7 Å². The van der Waals surface area contributed by atoms with Crippen molar-refractivity contribution in [3.63, 3.8) is 0 Å². The number of rotatable bonds is 6. The van der Waals surface area contributed by atoms with E-state index < -0.39 is 11.4 Å². The van der Waals surface area contributed by atoms with Crippen molar-refractivity contribution in [2.24, 2.45) is 5.41 Å². The highest BCUT2D eigenvalue weighted by Gasteiger charge is 2.30. The molecule has 0 aliphatic carbocycles. The highest BCUT2D eigenvalue weighted by atomic mass is 16.4. The summed E-state index contributed by atoms with van der Waals surface area (Å²) in [7, 11) is 0. The van der Waals surface area contributed by atoms with Crippen LogP contribution in [0.4, 0.5) is 5.69 Å². The molecule has 0 unspecified atom stereocenters. The average molecular weight is 311 g/mol. The molecule has 0 radical (unpaired) electrons. The van der Waals surface area contributed by atoms with Crippen molar-refractivity contribution in [1.29, 1.82) is 0 Å². The maximum atomic E-state index is 12.2. The predicted molar refractivity (Wildman–Crippen MR) is 90.4 cm³/mol. The van der Waals surface area contributed by atoms with Gasteiger partial charge >= 0.3 is 5.97 Å². The van der Waals surface area contributed by atoms with Gasteiger partial charge in [0.15, 0.2) is 0 Å². The maximum absolute atomic E-state index is 12.2. The molecule has 120 valence electrons. The van der Waals surface area contributed by atoms with Crippen LogP contribution in [0.2, 0.25) is 0 Å². The topological polar surface area (TPSA) is 66.4 Å². The highest BCUT2D eigenvalue weighted by molar-refractivity contribution is 5.94. The molecule has 0 atom stereocenters. The van der Waals surface area contributed by atoms with Gasteiger partial charge in [-0.1, -0.05) is 48.5 Å². The van der Waals surface area contributed by atoms with Crippen molar-refractivity contribution in [3.8, 4) is 0 Å². The van der Waals surface area contributed by atoms with E-state index in [-0.39, 0.29) is 12.3 Å². The summed E-state index contributed by atoms with van der Waals surface area (Å²) in [6.07, 6.45) is 0.640. The molecule has 23 heavy (non-hydrogen) atoms. The lowest BCUT2D eigenvalue weighted by molar-refractivity contribution is -0.148. The molecule has 0 saturated heterocycles. The van der Waals surface area contributed by atoms with Gasteiger partial charge in [-0.25, -0.2) is 0 Å². The van der Waals surface area contributed by atoms with Crippen LogP contribution >= 0.6 is 0 Å². The minimum atomic E-state index is -1.08. The second-order valence-electron chi connectivity index (χ2n) is 6.23. The summed E-state index contributed by atoms with van der Waals surface area (Å²) in [5.74, 6) is -1.27. The lowest BCUT2D eigenvalue weighted by atomic mass is 9.89. The SMILES string of the molecule is CC(C)(CC(=O)Nc1ccccc1Cc1ccccc1)C(=O)O. The van der Waals surface area contributed by atoms with E-state index in [2.05, 4.69) is 5.32 Å². The summed E-state index contributed by atoms with van der Waals surface area (Å²) in [5.41, 5.74) is 1.79. The number of hydrogen-bond donors (Lipinski definition) is 2. The van der Waals surface area contributed by atoms with Crippen molar-refractivity contribution < 1.29 is 14.7 Å². The Hall–Kier alpha value is -2.62. The van der Waals surface area contributed by atoms with Crippen LogP contribution in [0, 0.1) is 5.41 Å². The molecule has 0 fully saturated rings. The maximum Gasteiger partial charge on any atom is 0.309 e. The first-order chi connectivity index (χ1) is 10.9. The normalized spacial score (nSPS) is 11.0. The minimum Gasteiger partial charge on any atom is -0.481 e. The molecule has 4 heteroatoms. The molecule has 2 rings (SSSR count). The van der Waals surface area contributed by atoms with Crippen molar-refractivity contribution in [1.82, 2.24) is 0 Å². The summed E-state index contributed by atoms with van der Waals surface area (Å²) in [5, 5.41) is 12.0. The Morgan fingerprint density at radius 2 is 1.61 bits per heavy atom. The largest absolute Gasteiger partial charge is 0.481 e. The van der Waals surface area contributed by atoms with Crippen LogP contribution in [0.25, 0.3) is 0 Å². The molecule has 0 saturated carbocycles. The van der Waals surface area contributed by atoms with Crippen LogP contribution in [-0.2, 0) is 16.0 Å². The summed E-state index contributed by atoms with van der Waals surface area (Å²) in [6, 6.07) is 17.6. The molecule has 0 aliphatic heterocycles. The highest BCUT2D eigenvalue weighted by Crippen LogP contribution is 2.23. The van der Waals surface area contributed by atoms with Gasteiger partial charge in [0.05, 0.1) is 5.41 Å². The van der Waals surface area contributed by atoms with Crippen LogP contribution in [0.5, 0.6) is 0 Å². The third-order valence-corrected chi connectivity index (χ3v) is 3.71. The van der Waals surface area contributed by atoms with Crippen molar-refractivity contribution >= 4 is 17.6 Å². The second kappa shape index (κ2) is 7.09. The molecular formula is C19H21NO3. The first-order valence-electron chi connectivity index (χ1n) is 7.53. The van der Waals surface area contributed by atoms with Gasteiger partial charge in [0.2, 0.25) is 5.91 Å². The molecule has 4 nitrogen and oxygen atoms in total. The lowest BCUT2D eigenvalue weighted by Crippen LogP contribution is -2.29. The average Bonchev–Trinajstić information content (AvgIpc) is 2.49. The van der Waals surface area contributed by atoms with E-state index in [4.69, 9.17) is 5.11 Å². The number of anilines is 1. The van der Waals surface area contributed by atoms with Gasteiger partial charge in [-0.3, -0.25) is 9.59 Å². The van der Waals surface area contributed by atoms with Crippen LogP contribution in [-0.4, -0.2) is 17.0 Å². The number of hydrogen-bond acceptors (Lipinski definition) is 2. The molecular weight excluding hydrogens is 290 g/mol. The van der Waals surface area contributed by atoms with E-state index in [0.29, 0.717) is 6.42 Å². The zero-order valence-corrected chi connectivity index (χ0v) is 13.4. The molecule has 0 bridgehead atoms. The molecule has 0 aromatic heterocycles. The fourth-order valence-corrected chi connectivity index (χ4v) is 2.28. The number of para-hydroxylation sites is 1. The standard InChI is InChI=1S/C19H21NO3/c1-19(2,18(22)23)13-17(21)20-16-11-7-6-10-15(16)12-14-8-4-3-5-9-14/h3-11H,12-13H2,1-2H3,(H,20,21)(H,22,23). The summed E-state index contributed by atoms with van der Waals surface area (Å²) in [6.45, 7) is 3.09. The molecule has 0 spiro atoms. The van der Waals surface area contributed by atoms with Crippen LogP contribution < -0.4 is 5.32 Å². The van der Waals surface area contributed by atoms with Crippen LogP contribution in [0.1, 0.15) is 31.4 Å². The van der Waals surface area contributed by atoms with Crippen LogP contribution in [0.15, 0.2) is 54.6 Å². The molecule has 1 amide bonds. The van der Waals surface area contributed by atoms with E-state index in [9.17, 15) is 9.59 Å². The third-order valence-electron chi connectivity index (χ3n) is 3.71. The van der Waals surface area contributed by atoms with Gasteiger partial charge in [0.25, 0.3) is 0 Å². The monoisotopic (exact) mass is 311 g/mol. The zero-order valence-electron chi connectivity index (χ0n) is 13.4. The zero-order chi connectivity index (χ0) is 16.9. The van der Waals surface area contributed by atoms with Gasteiger partial charge in [-0.15, -0.1) is 0 Å². The van der Waals surface area contributed by atoms with Gasteiger partial charge in [0, 0.05) is 12.1 Å². The Bertz CT molecular complexity index is 693. The molecule has 0 heterocycles. The third kappa shape index (κ3) is 4.68. The minimum absolute atomic E-state index is 0.0675. The van der Waals surface area contributed by atoms with Crippen molar-refractivity contribution in [2.45, 2.75) is 26.7 Å². The number of nitrogens with one attached hydrogen (secondary N) is 1. The van der Waals surface area contributed by atoms with Gasteiger partial charge in [-0.2, -0.15) is 0 Å². The Morgan fingerprint density at radius 3 is 2.26 bits per heavy atom. The number of carboxylic acid groups (broad SMARTS) is 1. The number of carbonyl (C=O) groups excluding carboxylic acids is 1. The van der Waals surface area contributed by atoms with Gasteiger partial charge in [0.1, 0.15) is 0 Å². The summed E-state index contributed by atoms with van der Waals surface area (Å²) >= 11 is 0. The number of aliphatic carboxylic acids is 1. The van der Waals surface area contributed by atoms with Gasteiger partial charge < -0.3 is 10.4 Å². The number of benzene rings is 2. The van der Waals surface area contributed by atoms with E-state index in [0.717, 1.165) is 16.8 Å². The van der Waals surface area contributed by atoms with E-state index >= 15 is 0 Å².